The molecule has 0 aliphatic carbocycles. The maximum atomic E-state index is 5.35. The lowest BCUT2D eigenvalue weighted by Gasteiger charge is -2.10. The quantitative estimate of drug-likeness (QED) is 0.766. The molecule has 0 amide bonds. The number of nitrogens with one attached hydrogen (secondary N) is 2. The van der Waals surface area contributed by atoms with E-state index in [4.69, 9.17) is 4.74 Å². The summed E-state index contributed by atoms with van der Waals surface area (Å²) in [5.74, 6) is 0.939. The largest absolute Gasteiger partial charge is 0.496 e. The number of aryl methyl sites for hydroxylation is 1. The second-order valence-electron chi connectivity index (χ2n) is 4.32. The summed E-state index contributed by atoms with van der Waals surface area (Å²) in [6.07, 6.45) is 4.52. The highest BCUT2D eigenvalue weighted by Gasteiger charge is 2.02. The third kappa shape index (κ3) is 3.34. The molecule has 96 valence electrons. The van der Waals surface area contributed by atoms with E-state index < -0.39 is 0 Å². The van der Waals surface area contributed by atoms with Crippen LogP contribution in [0, 0.1) is 6.92 Å². The summed E-state index contributed by atoms with van der Waals surface area (Å²) in [5.41, 5.74) is 3.60. The highest BCUT2D eigenvalue weighted by Crippen LogP contribution is 2.19. The molecule has 0 saturated carbocycles. The number of hydrogen-bond donors (Lipinski definition) is 2. The fraction of sp³-hybridized carbons (Fsp3) is 0.357. The normalized spacial score (nSPS) is 10.6. The Morgan fingerprint density at radius 1 is 1.39 bits per heavy atom. The van der Waals surface area contributed by atoms with E-state index in [9.17, 15) is 0 Å². The highest BCUT2D eigenvalue weighted by atomic mass is 16.5. The average Bonchev–Trinajstić information content (AvgIpc) is 2.88. The zero-order valence-corrected chi connectivity index (χ0v) is 10.9. The van der Waals surface area contributed by atoms with E-state index in [-0.39, 0.29) is 0 Å². The number of aromatic nitrogens is 2. The molecule has 0 aliphatic rings. The van der Waals surface area contributed by atoms with E-state index in [1.54, 1.807) is 13.4 Å². The van der Waals surface area contributed by atoms with E-state index >= 15 is 0 Å². The Kier molecular flexibility index (Phi) is 4.36. The molecule has 0 spiro atoms. The molecule has 1 aromatic carbocycles. The minimum atomic E-state index is 0.818. The Hall–Kier alpha value is -1.81. The molecule has 1 aromatic heterocycles. The minimum Gasteiger partial charge on any atom is -0.496 e. The second-order valence-corrected chi connectivity index (χ2v) is 4.32. The molecule has 0 radical (unpaired) electrons. The number of benzene rings is 1. The monoisotopic (exact) mass is 245 g/mol. The van der Waals surface area contributed by atoms with Gasteiger partial charge in [-0.1, -0.05) is 17.7 Å². The van der Waals surface area contributed by atoms with Crippen molar-refractivity contribution in [3.63, 3.8) is 0 Å². The summed E-state index contributed by atoms with van der Waals surface area (Å²) < 4.78 is 5.35. The average molecular weight is 245 g/mol. The molecular formula is C14H19N3O. The molecule has 18 heavy (non-hydrogen) atoms. The number of ether oxygens (including phenoxy) is 1. The lowest BCUT2D eigenvalue weighted by Crippen LogP contribution is -2.17. The maximum absolute atomic E-state index is 5.35. The van der Waals surface area contributed by atoms with Crippen molar-refractivity contribution >= 4 is 0 Å². The van der Waals surface area contributed by atoms with Crippen LogP contribution >= 0.6 is 0 Å². The summed E-state index contributed by atoms with van der Waals surface area (Å²) in [6.45, 7) is 3.83. The van der Waals surface area contributed by atoms with Crippen LogP contribution in [0.15, 0.2) is 30.7 Å². The van der Waals surface area contributed by atoms with Gasteiger partial charge >= 0.3 is 0 Å². The Morgan fingerprint density at radius 2 is 2.28 bits per heavy atom. The van der Waals surface area contributed by atoms with Crippen molar-refractivity contribution in [3.8, 4) is 5.75 Å². The number of rotatable bonds is 6. The first-order valence-corrected chi connectivity index (χ1v) is 6.11. The number of hydrogen-bond acceptors (Lipinski definition) is 3. The Bertz CT molecular complexity index is 480. The molecule has 0 aliphatic heterocycles. The van der Waals surface area contributed by atoms with Gasteiger partial charge in [-0.05, 0) is 13.0 Å². The first-order chi connectivity index (χ1) is 8.79. The third-order valence-corrected chi connectivity index (χ3v) is 2.88. The van der Waals surface area contributed by atoms with E-state index in [2.05, 4.69) is 34.3 Å². The lowest BCUT2D eigenvalue weighted by atomic mass is 10.1. The minimum absolute atomic E-state index is 0.818. The van der Waals surface area contributed by atoms with Gasteiger partial charge in [0.1, 0.15) is 5.75 Å². The number of methoxy groups -OCH3 is 1. The van der Waals surface area contributed by atoms with Crippen LogP contribution in [0.5, 0.6) is 5.75 Å². The van der Waals surface area contributed by atoms with Crippen molar-refractivity contribution < 1.29 is 4.74 Å². The molecular weight excluding hydrogens is 226 g/mol. The van der Waals surface area contributed by atoms with Crippen molar-refractivity contribution in [1.29, 1.82) is 0 Å². The van der Waals surface area contributed by atoms with Gasteiger partial charge in [-0.2, -0.15) is 0 Å². The first-order valence-electron chi connectivity index (χ1n) is 6.11. The van der Waals surface area contributed by atoms with Gasteiger partial charge in [0, 0.05) is 37.0 Å². The van der Waals surface area contributed by atoms with E-state index in [0.717, 1.165) is 31.0 Å². The number of nitrogens with zero attached hydrogens (tertiary/aromatic N) is 1. The van der Waals surface area contributed by atoms with Gasteiger partial charge in [0.2, 0.25) is 0 Å². The van der Waals surface area contributed by atoms with Gasteiger partial charge in [0.15, 0.2) is 0 Å². The zero-order valence-electron chi connectivity index (χ0n) is 10.9. The number of aromatic amines is 1. The maximum Gasteiger partial charge on any atom is 0.123 e. The molecule has 4 heteroatoms. The molecule has 0 fully saturated rings. The number of imidazole rings is 1. The SMILES string of the molecule is COc1ccc(C)cc1CNCCc1cnc[nH]1. The van der Waals surface area contributed by atoms with Crippen LogP contribution in [0.4, 0.5) is 0 Å². The summed E-state index contributed by atoms with van der Waals surface area (Å²) in [4.78, 5) is 7.09. The van der Waals surface area contributed by atoms with Crippen molar-refractivity contribution in [2.45, 2.75) is 19.9 Å². The standard InChI is InChI=1S/C14H19N3O/c1-11-3-4-14(18-2)12(7-11)8-15-6-5-13-9-16-10-17-13/h3-4,7,9-10,15H,5-6,8H2,1-2H3,(H,16,17). The van der Waals surface area contributed by atoms with Crippen LogP contribution < -0.4 is 10.1 Å². The van der Waals surface area contributed by atoms with Crippen molar-refractivity contribution in [1.82, 2.24) is 15.3 Å². The zero-order chi connectivity index (χ0) is 12.8. The van der Waals surface area contributed by atoms with Gasteiger partial charge < -0.3 is 15.0 Å². The topological polar surface area (TPSA) is 49.9 Å². The highest BCUT2D eigenvalue weighted by molar-refractivity contribution is 5.36. The fourth-order valence-electron chi connectivity index (χ4n) is 1.91. The van der Waals surface area contributed by atoms with Crippen LogP contribution in [0.2, 0.25) is 0 Å². The van der Waals surface area contributed by atoms with Gasteiger partial charge in [0.25, 0.3) is 0 Å². The van der Waals surface area contributed by atoms with Gasteiger partial charge in [-0.15, -0.1) is 0 Å². The molecule has 0 unspecified atom stereocenters. The summed E-state index contributed by atoms with van der Waals surface area (Å²) in [7, 11) is 1.71. The van der Waals surface area contributed by atoms with E-state index in [1.165, 1.54) is 11.1 Å². The van der Waals surface area contributed by atoms with Gasteiger partial charge in [-0.3, -0.25) is 0 Å². The fourth-order valence-corrected chi connectivity index (χ4v) is 1.91. The van der Waals surface area contributed by atoms with Gasteiger partial charge in [0.05, 0.1) is 13.4 Å². The molecule has 2 aromatic rings. The molecule has 0 bridgehead atoms. The predicted molar refractivity (Wildman–Crippen MR) is 71.7 cm³/mol. The van der Waals surface area contributed by atoms with E-state index in [1.807, 2.05) is 12.3 Å². The Balaban J connectivity index is 1.84. The van der Waals surface area contributed by atoms with E-state index in [0.29, 0.717) is 0 Å². The van der Waals surface area contributed by atoms with Crippen molar-refractivity contribution in [2.24, 2.45) is 0 Å². The molecule has 1 heterocycles. The molecule has 2 rings (SSSR count). The van der Waals surface area contributed by atoms with Crippen LogP contribution in [0.1, 0.15) is 16.8 Å². The number of H-pyrrole nitrogens is 1. The third-order valence-electron chi connectivity index (χ3n) is 2.88. The van der Waals surface area contributed by atoms with Crippen LogP contribution in [-0.4, -0.2) is 23.6 Å². The first kappa shape index (κ1) is 12.6. The van der Waals surface area contributed by atoms with Crippen molar-refractivity contribution in [2.75, 3.05) is 13.7 Å². The molecule has 0 atom stereocenters. The smallest absolute Gasteiger partial charge is 0.123 e. The predicted octanol–water partition coefficient (Wildman–Crippen LogP) is 2.06. The second kappa shape index (κ2) is 6.21. The van der Waals surface area contributed by atoms with Crippen LogP contribution in [0.3, 0.4) is 0 Å². The lowest BCUT2D eigenvalue weighted by molar-refractivity contribution is 0.407. The molecule has 0 saturated heterocycles. The van der Waals surface area contributed by atoms with Crippen molar-refractivity contribution in [3.05, 3.63) is 47.5 Å². The van der Waals surface area contributed by atoms with Gasteiger partial charge in [-0.25, -0.2) is 4.98 Å². The Labute approximate surface area is 107 Å². The van der Waals surface area contributed by atoms with Crippen LogP contribution in [0.25, 0.3) is 0 Å². The Morgan fingerprint density at radius 3 is 3.00 bits per heavy atom. The summed E-state index contributed by atoms with van der Waals surface area (Å²) >= 11 is 0. The molecule has 2 N–H and O–H groups in total. The van der Waals surface area contributed by atoms with Crippen LogP contribution in [-0.2, 0) is 13.0 Å². The summed E-state index contributed by atoms with van der Waals surface area (Å²) in [6, 6.07) is 6.23. The molecule has 4 nitrogen and oxygen atoms in total. The summed E-state index contributed by atoms with van der Waals surface area (Å²) in [5, 5.41) is 3.41.